The number of nitrogens with zero attached hydrogens (tertiary/aromatic N) is 3. The van der Waals surface area contributed by atoms with Crippen LogP contribution in [0.2, 0.25) is 5.04 Å². The molecule has 7 nitrogen and oxygen atoms in total. The minimum Gasteiger partial charge on any atom is -0.597 e. The molecule has 0 aliphatic carbocycles. The summed E-state index contributed by atoms with van der Waals surface area (Å²) in [6.45, 7) is 16.4. The van der Waals surface area contributed by atoms with Gasteiger partial charge in [-0.25, -0.2) is 4.98 Å². The number of amides is 1. The Hall–Kier alpha value is -3.61. The van der Waals surface area contributed by atoms with Gasteiger partial charge >= 0.3 is 0 Å². The summed E-state index contributed by atoms with van der Waals surface area (Å²) >= 11 is 2.34. The summed E-state index contributed by atoms with van der Waals surface area (Å²) in [5.41, 5.74) is 5.31. The van der Waals surface area contributed by atoms with Crippen LogP contribution in [-0.2, 0) is 28.9 Å². The topological polar surface area (TPSA) is 80.8 Å². The van der Waals surface area contributed by atoms with Crippen LogP contribution in [0, 0.1) is 0 Å². The van der Waals surface area contributed by atoms with Crippen molar-refractivity contribution < 1.29 is 13.8 Å². The first kappa shape index (κ1) is 41.5. The fourth-order valence-corrected chi connectivity index (χ4v) is 15.0. The molecule has 1 saturated heterocycles. The van der Waals surface area contributed by atoms with Crippen molar-refractivity contribution in [1.29, 1.82) is 0 Å². The highest BCUT2D eigenvalue weighted by molar-refractivity contribution is 9.10. The first-order valence-electron chi connectivity index (χ1n) is 20.0. The predicted molar refractivity (Wildman–Crippen MR) is 239 cm³/mol. The predicted octanol–water partition coefficient (Wildman–Crippen LogP) is 8.80. The molecule has 10 heteroatoms. The lowest BCUT2D eigenvalue weighted by molar-refractivity contribution is 0.0932. The van der Waals surface area contributed by atoms with Crippen molar-refractivity contribution in [1.82, 2.24) is 19.5 Å². The number of hydrogen-bond donors (Lipinski definition) is 1. The third kappa shape index (κ3) is 9.03. The van der Waals surface area contributed by atoms with Crippen LogP contribution in [0.3, 0.4) is 0 Å². The summed E-state index contributed by atoms with van der Waals surface area (Å²) in [4.78, 5) is 21.7. The number of pyridine rings is 1. The van der Waals surface area contributed by atoms with Gasteiger partial charge in [0.2, 0.25) is 0 Å². The van der Waals surface area contributed by atoms with Gasteiger partial charge in [0.25, 0.3) is 14.2 Å². The molecular formula is C47H55BrN4O3SSi. The molecule has 5 aromatic rings. The first-order valence-corrected chi connectivity index (χ1v) is 23.9. The largest absolute Gasteiger partial charge is 0.597 e. The number of fused-ring (bicyclic) bond motifs is 1. The van der Waals surface area contributed by atoms with Crippen molar-refractivity contribution in [2.45, 2.75) is 89.3 Å². The summed E-state index contributed by atoms with van der Waals surface area (Å²) in [6, 6.07) is 41.7. The molecule has 1 N–H and O–H groups in total. The maximum Gasteiger partial charge on any atom is 0.270 e. The van der Waals surface area contributed by atoms with Gasteiger partial charge in [-0.15, -0.1) is 4.31 Å². The minimum atomic E-state index is -2.83. The first-order chi connectivity index (χ1) is 27.2. The molecule has 3 unspecified atom stereocenters. The molecule has 4 aromatic carbocycles. The number of nitrogens with one attached hydrogen (secondary N) is 1. The quantitative estimate of drug-likeness (QED) is 0.0999. The van der Waals surface area contributed by atoms with Gasteiger partial charge in [0.1, 0.15) is 10.4 Å². The molecule has 3 heterocycles. The van der Waals surface area contributed by atoms with Gasteiger partial charge in [-0.1, -0.05) is 140 Å². The molecule has 2 aliphatic rings. The van der Waals surface area contributed by atoms with E-state index in [1.807, 2.05) is 51.1 Å². The highest BCUT2D eigenvalue weighted by atomic mass is 79.9. The number of likely N-dealkylation sites (tertiary alicyclic amines) is 1. The van der Waals surface area contributed by atoms with Crippen LogP contribution in [0.1, 0.15) is 87.6 Å². The van der Waals surface area contributed by atoms with Crippen molar-refractivity contribution in [2.24, 2.45) is 0 Å². The zero-order valence-corrected chi connectivity index (χ0v) is 37.4. The Kier molecular flexibility index (Phi) is 12.6. The van der Waals surface area contributed by atoms with E-state index in [9.17, 15) is 9.35 Å². The van der Waals surface area contributed by atoms with E-state index in [-0.39, 0.29) is 23.0 Å². The number of rotatable bonds is 12. The average Bonchev–Trinajstić information content (AvgIpc) is 3.79. The smallest absolute Gasteiger partial charge is 0.270 e. The third-order valence-corrected chi connectivity index (χ3v) is 18.6. The van der Waals surface area contributed by atoms with E-state index < -0.39 is 24.4 Å². The Bertz CT molecular complexity index is 2110. The number of aromatic nitrogens is 1. The van der Waals surface area contributed by atoms with Crippen molar-refractivity contribution in [3.8, 4) is 11.3 Å². The Balaban J connectivity index is 1.23. The highest BCUT2D eigenvalue weighted by Gasteiger charge is 2.51. The van der Waals surface area contributed by atoms with Gasteiger partial charge in [0, 0.05) is 59.2 Å². The normalized spacial score (nSPS) is 18.4. The lowest BCUT2D eigenvalue weighted by Crippen LogP contribution is -2.66. The van der Waals surface area contributed by atoms with Crippen LogP contribution in [-0.4, -0.2) is 63.5 Å². The van der Waals surface area contributed by atoms with Crippen LogP contribution in [0.25, 0.3) is 11.3 Å². The maximum atomic E-state index is 14.5. The molecule has 0 radical (unpaired) electrons. The summed E-state index contributed by atoms with van der Waals surface area (Å²) in [6.07, 6.45) is 1.49. The van der Waals surface area contributed by atoms with Gasteiger partial charge < -0.3 is 14.3 Å². The molecule has 3 atom stereocenters. The van der Waals surface area contributed by atoms with Crippen LogP contribution in [0.15, 0.2) is 126 Å². The van der Waals surface area contributed by atoms with E-state index >= 15 is 0 Å². The van der Waals surface area contributed by atoms with Crippen molar-refractivity contribution in [3.63, 3.8) is 0 Å². The Labute approximate surface area is 351 Å². The Morgan fingerprint density at radius 3 is 2.12 bits per heavy atom. The minimum absolute atomic E-state index is 0.0295. The number of hydrogen-bond acceptors (Lipinski definition) is 6. The molecule has 2 aliphatic heterocycles. The SMILES string of the molecule is CC(C)(C)[S+]([O-])N1Cc2cc(C(=O)NC3CCN(Cc4ccccc4)C3)nc(-c3cccc(Br)c3)c2C1CCO[Si](c1ccccc1)(c1ccccc1)C(C)(C)C. The van der Waals surface area contributed by atoms with E-state index in [0.29, 0.717) is 25.3 Å². The standard InChI is InChI=1S/C47H55BrN4O3SSi/c1-46(2,3)56(54)52-32-36-30-41(45(53)49-38-25-27-51(33-38)31-34-17-10-7-11-18-34)50-44(35-19-16-20-37(48)29-35)43(36)42(52)26-28-55-57(47(4,5)6,39-21-12-8-13-22-39)40-23-14-9-15-24-40/h7-24,29-30,38,42H,25-28,31-33H2,1-6H3,(H,49,53). The van der Waals surface area contributed by atoms with Crippen molar-refractivity contribution >= 4 is 51.9 Å². The second-order valence-electron chi connectivity index (χ2n) is 17.4. The summed E-state index contributed by atoms with van der Waals surface area (Å²) in [5, 5.41) is 5.59. The number of carbonyl (C=O) groups excluding carboxylic acids is 1. The van der Waals surface area contributed by atoms with Crippen LogP contribution < -0.4 is 15.7 Å². The molecule has 1 aromatic heterocycles. The molecule has 1 fully saturated rings. The van der Waals surface area contributed by atoms with E-state index in [1.54, 1.807) is 0 Å². The number of benzene rings is 4. The molecule has 57 heavy (non-hydrogen) atoms. The van der Waals surface area contributed by atoms with Crippen molar-refractivity contribution in [2.75, 3.05) is 19.7 Å². The van der Waals surface area contributed by atoms with Gasteiger partial charge in [-0.2, -0.15) is 0 Å². The molecule has 0 saturated carbocycles. The van der Waals surface area contributed by atoms with Gasteiger partial charge in [-0.3, -0.25) is 9.69 Å². The molecule has 1 amide bonds. The lowest BCUT2D eigenvalue weighted by atomic mass is 9.96. The average molecular weight is 864 g/mol. The Morgan fingerprint density at radius 1 is 0.895 bits per heavy atom. The maximum absolute atomic E-state index is 14.5. The second-order valence-corrected chi connectivity index (χ2v) is 24.8. The number of halogens is 1. The zero-order valence-electron chi connectivity index (χ0n) is 34.0. The lowest BCUT2D eigenvalue weighted by Gasteiger charge is -2.43. The summed E-state index contributed by atoms with van der Waals surface area (Å²) < 4.78 is 24.5. The van der Waals surface area contributed by atoms with E-state index in [4.69, 9.17) is 9.41 Å². The highest BCUT2D eigenvalue weighted by Crippen LogP contribution is 2.46. The Morgan fingerprint density at radius 2 is 1.53 bits per heavy atom. The van der Waals surface area contributed by atoms with Crippen LogP contribution in [0.5, 0.6) is 0 Å². The molecule has 7 rings (SSSR count). The van der Waals surface area contributed by atoms with Gasteiger partial charge in [0.05, 0.1) is 18.3 Å². The fourth-order valence-electron chi connectivity index (χ4n) is 8.60. The molecule has 0 bridgehead atoms. The van der Waals surface area contributed by atoms with Crippen LogP contribution in [0.4, 0.5) is 0 Å². The monoisotopic (exact) mass is 862 g/mol. The van der Waals surface area contributed by atoms with E-state index in [1.165, 1.54) is 15.9 Å². The van der Waals surface area contributed by atoms with Crippen molar-refractivity contribution in [3.05, 3.63) is 148 Å². The molecular weight excluding hydrogens is 809 g/mol. The number of carbonyl (C=O) groups is 1. The van der Waals surface area contributed by atoms with E-state index in [0.717, 1.165) is 52.9 Å². The fraction of sp³-hybridized carbons (Fsp3) is 0.362. The van der Waals surface area contributed by atoms with Crippen LogP contribution >= 0.6 is 15.9 Å². The molecule has 0 spiro atoms. The van der Waals surface area contributed by atoms with E-state index in [2.05, 4.69) is 142 Å². The summed E-state index contributed by atoms with van der Waals surface area (Å²) in [5.74, 6) is -0.178. The van der Waals surface area contributed by atoms with Gasteiger partial charge in [0.15, 0.2) is 0 Å². The molecule has 298 valence electrons. The third-order valence-electron chi connectivity index (χ3n) is 11.2. The van der Waals surface area contributed by atoms with Gasteiger partial charge in [-0.05, 0) is 78.4 Å². The summed E-state index contributed by atoms with van der Waals surface area (Å²) in [7, 11) is -2.83. The zero-order chi connectivity index (χ0) is 40.4. The second kappa shape index (κ2) is 17.3.